The topological polar surface area (TPSA) is 24.9 Å². The van der Waals surface area contributed by atoms with Crippen molar-refractivity contribution in [2.24, 2.45) is 0 Å². The molecule has 0 atom stereocenters. The normalized spacial score (nSPS) is 10.7. The van der Waals surface area contributed by atoms with Crippen LogP contribution in [0.5, 0.6) is 0 Å². The van der Waals surface area contributed by atoms with Crippen LogP contribution in [0.3, 0.4) is 0 Å². The van der Waals surface area contributed by atoms with Crippen molar-refractivity contribution in [3.8, 4) is 0 Å². The molecule has 1 N–H and O–H groups in total. The van der Waals surface area contributed by atoms with Gasteiger partial charge in [-0.25, -0.2) is 0 Å². The Kier molecular flexibility index (Phi) is 3.88. The number of nitrogens with one attached hydrogen (secondary N) is 1. The van der Waals surface area contributed by atoms with Crippen LogP contribution in [0.4, 0.5) is 5.69 Å². The molecule has 0 aliphatic heterocycles. The maximum absolute atomic E-state index is 4.31. The molecule has 0 unspecified atom stereocenters. The van der Waals surface area contributed by atoms with Crippen molar-refractivity contribution < 1.29 is 0 Å². The van der Waals surface area contributed by atoms with Crippen molar-refractivity contribution in [3.63, 3.8) is 0 Å². The van der Waals surface area contributed by atoms with E-state index in [2.05, 4.69) is 59.0 Å². The fraction of sp³-hybridized carbons (Fsp3) is 0.118. The van der Waals surface area contributed by atoms with E-state index in [-0.39, 0.29) is 0 Å². The highest BCUT2D eigenvalue weighted by atomic mass is 32.2. The Morgan fingerprint density at radius 2 is 1.80 bits per heavy atom. The number of rotatable bonds is 4. The van der Waals surface area contributed by atoms with Gasteiger partial charge in [0.15, 0.2) is 0 Å². The summed E-state index contributed by atoms with van der Waals surface area (Å²) in [6, 6.07) is 16.9. The number of pyridine rings is 1. The summed E-state index contributed by atoms with van der Waals surface area (Å²) in [7, 11) is 0. The second-order valence-corrected chi connectivity index (χ2v) is 5.48. The third kappa shape index (κ3) is 2.78. The average Bonchev–Trinajstić information content (AvgIpc) is 2.53. The molecule has 1 aromatic heterocycles. The van der Waals surface area contributed by atoms with Crippen molar-refractivity contribution in [2.45, 2.75) is 11.4 Å². The lowest BCUT2D eigenvalue weighted by Crippen LogP contribution is -2.00. The number of thioether (sulfide) groups is 1. The number of fused-ring (bicyclic) bond motifs is 1. The number of aromatic nitrogens is 1. The smallest absolute Gasteiger partial charge is 0.0422 e. The van der Waals surface area contributed by atoms with Crippen molar-refractivity contribution in [1.82, 2.24) is 4.98 Å². The average molecular weight is 280 g/mol. The lowest BCUT2D eigenvalue weighted by Gasteiger charge is -2.09. The van der Waals surface area contributed by atoms with Crippen molar-refractivity contribution in [3.05, 3.63) is 66.5 Å². The number of anilines is 1. The Balaban J connectivity index is 1.79. The molecular weight excluding hydrogens is 264 g/mol. The van der Waals surface area contributed by atoms with E-state index in [0.717, 1.165) is 12.2 Å². The minimum absolute atomic E-state index is 0.785. The minimum Gasteiger partial charge on any atom is -0.381 e. The van der Waals surface area contributed by atoms with Gasteiger partial charge in [-0.3, -0.25) is 4.98 Å². The van der Waals surface area contributed by atoms with E-state index in [1.165, 1.54) is 21.2 Å². The Hall–Kier alpha value is -2.00. The Bertz CT molecular complexity index is 702. The lowest BCUT2D eigenvalue weighted by atomic mass is 10.1. The SMILES string of the molecule is CSc1ccc(NCc2cncc3ccccc23)cc1. The molecule has 20 heavy (non-hydrogen) atoms. The third-order valence-corrected chi connectivity index (χ3v) is 4.07. The summed E-state index contributed by atoms with van der Waals surface area (Å²) in [5.74, 6) is 0. The predicted octanol–water partition coefficient (Wildman–Crippen LogP) is 4.57. The van der Waals surface area contributed by atoms with E-state index in [4.69, 9.17) is 0 Å². The standard InChI is InChI=1S/C17H16N2S/c1-20-16-8-6-15(7-9-16)19-12-14-11-18-10-13-4-2-3-5-17(13)14/h2-11,19H,12H2,1H3. The van der Waals surface area contributed by atoms with E-state index < -0.39 is 0 Å². The summed E-state index contributed by atoms with van der Waals surface area (Å²) < 4.78 is 0. The van der Waals surface area contributed by atoms with Gasteiger partial charge >= 0.3 is 0 Å². The Labute approximate surface area is 123 Å². The molecule has 0 amide bonds. The van der Waals surface area contributed by atoms with Gasteiger partial charge in [0.05, 0.1) is 0 Å². The zero-order chi connectivity index (χ0) is 13.8. The zero-order valence-corrected chi connectivity index (χ0v) is 12.2. The molecule has 0 saturated carbocycles. The zero-order valence-electron chi connectivity index (χ0n) is 11.3. The van der Waals surface area contributed by atoms with Crippen LogP contribution >= 0.6 is 11.8 Å². The van der Waals surface area contributed by atoms with Crippen LogP contribution in [0.2, 0.25) is 0 Å². The fourth-order valence-corrected chi connectivity index (χ4v) is 2.63. The monoisotopic (exact) mass is 280 g/mol. The Morgan fingerprint density at radius 1 is 1.00 bits per heavy atom. The van der Waals surface area contributed by atoms with Gasteiger partial charge < -0.3 is 5.32 Å². The van der Waals surface area contributed by atoms with E-state index in [9.17, 15) is 0 Å². The maximum Gasteiger partial charge on any atom is 0.0422 e. The number of hydrogen-bond donors (Lipinski definition) is 1. The first-order valence-corrected chi connectivity index (χ1v) is 7.79. The first-order chi connectivity index (χ1) is 9.86. The van der Waals surface area contributed by atoms with Gasteiger partial charge in [0.2, 0.25) is 0 Å². The lowest BCUT2D eigenvalue weighted by molar-refractivity contribution is 1.13. The molecule has 100 valence electrons. The van der Waals surface area contributed by atoms with Gasteiger partial charge in [-0.05, 0) is 41.5 Å². The summed E-state index contributed by atoms with van der Waals surface area (Å²) in [4.78, 5) is 5.59. The van der Waals surface area contributed by atoms with Gasteiger partial charge in [-0.2, -0.15) is 0 Å². The molecule has 0 bridgehead atoms. The summed E-state index contributed by atoms with van der Waals surface area (Å²) in [5, 5.41) is 5.90. The van der Waals surface area contributed by atoms with Crippen LogP contribution in [-0.2, 0) is 6.54 Å². The van der Waals surface area contributed by atoms with Crippen molar-refractivity contribution in [1.29, 1.82) is 0 Å². The first-order valence-electron chi connectivity index (χ1n) is 6.56. The van der Waals surface area contributed by atoms with Gasteiger partial charge in [-0.15, -0.1) is 11.8 Å². The molecular formula is C17H16N2S. The molecule has 0 aliphatic carbocycles. The fourth-order valence-electron chi connectivity index (χ4n) is 2.23. The largest absolute Gasteiger partial charge is 0.381 e. The van der Waals surface area contributed by atoms with Gasteiger partial charge in [-0.1, -0.05) is 24.3 Å². The molecule has 3 heteroatoms. The van der Waals surface area contributed by atoms with Crippen LogP contribution < -0.4 is 5.32 Å². The summed E-state index contributed by atoms with van der Waals surface area (Å²) in [6.07, 6.45) is 5.93. The van der Waals surface area contributed by atoms with Crippen LogP contribution in [0.1, 0.15) is 5.56 Å². The second-order valence-electron chi connectivity index (χ2n) is 4.60. The van der Waals surface area contributed by atoms with E-state index >= 15 is 0 Å². The molecule has 0 fully saturated rings. The molecule has 2 nitrogen and oxygen atoms in total. The summed E-state index contributed by atoms with van der Waals surface area (Å²) >= 11 is 1.76. The highest BCUT2D eigenvalue weighted by Gasteiger charge is 2.01. The Morgan fingerprint density at radius 3 is 2.60 bits per heavy atom. The molecule has 0 radical (unpaired) electrons. The van der Waals surface area contributed by atoms with Gasteiger partial charge in [0, 0.05) is 34.9 Å². The highest BCUT2D eigenvalue weighted by Crippen LogP contribution is 2.20. The number of benzene rings is 2. The van der Waals surface area contributed by atoms with Crippen LogP contribution in [-0.4, -0.2) is 11.2 Å². The third-order valence-electron chi connectivity index (χ3n) is 3.32. The minimum atomic E-state index is 0.785. The number of hydrogen-bond acceptors (Lipinski definition) is 3. The van der Waals surface area contributed by atoms with E-state index in [0.29, 0.717) is 0 Å². The van der Waals surface area contributed by atoms with E-state index in [1.807, 2.05) is 18.5 Å². The van der Waals surface area contributed by atoms with Crippen LogP contribution in [0, 0.1) is 0 Å². The van der Waals surface area contributed by atoms with Crippen LogP contribution in [0.15, 0.2) is 65.8 Å². The van der Waals surface area contributed by atoms with Gasteiger partial charge in [0.25, 0.3) is 0 Å². The first kappa shape index (κ1) is 13.0. The maximum atomic E-state index is 4.31. The molecule has 3 aromatic rings. The molecule has 2 aromatic carbocycles. The molecule has 0 spiro atoms. The second kappa shape index (κ2) is 5.97. The van der Waals surface area contributed by atoms with Crippen molar-refractivity contribution in [2.75, 3.05) is 11.6 Å². The predicted molar refractivity (Wildman–Crippen MR) is 87.3 cm³/mol. The number of nitrogens with zero attached hydrogens (tertiary/aromatic N) is 1. The molecule has 0 aliphatic rings. The van der Waals surface area contributed by atoms with E-state index in [1.54, 1.807) is 11.8 Å². The molecule has 3 rings (SSSR count). The molecule has 0 saturated heterocycles. The van der Waals surface area contributed by atoms with Gasteiger partial charge in [0.1, 0.15) is 0 Å². The van der Waals surface area contributed by atoms with Crippen molar-refractivity contribution >= 4 is 28.2 Å². The quantitative estimate of drug-likeness (QED) is 0.709. The summed E-state index contributed by atoms with van der Waals surface area (Å²) in [5.41, 5.74) is 2.35. The summed E-state index contributed by atoms with van der Waals surface area (Å²) in [6.45, 7) is 0.785. The molecule has 1 heterocycles. The van der Waals surface area contributed by atoms with Crippen LogP contribution in [0.25, 0.3) is 10.8 Å². The highest BCUT2D eigenvalue weighted by molar-refractivity contribution is 7.98.